The van der Waals surface area contributed by atoms with Crippen molar-refractivity contribution in [3.8, 4) is 0 Å². The Kier molecular flexibility index (Phi) is 29.2. The van der Waals surface area contributed by atoms with Gasteiger partial charge in [-0.15, -0.1) is 0 Å². The number of hydrogen-bond donors (Lipinski definition) is 0. The maximum Gasteiger partial charge on any atom is 1.00 e. The number of ether oxygens (including phenoxy) is 2. The van der Waals surface area contributed by atoms with Gasteiger partial charge in [-0.05, 0) is 110 Å². The molecular weight excluding hydrogens is 1180 g/mol. The molecule has 36 heteroatoms. The van der Waals surface area contributed by atoms with Crippen LogP contribution in [0, 0.1) is 50.2 Å². The Morgan fingerprint density at radius 1 is 0.671 bits per heavy atom. The number of hydrogen-bond acceptors (Lipinski definition) is 25. The van der Waals surface area contributed by atoms with Gasteiger partial charge in [0.15, 0.2) is 5.78 Å². The number of carbonyl (C=O) groups is 2. The first-order valence-electron chi connectivity index (χ1n) is 22.4. The number of carboxylic acids is 1. The molecule has 1 saturated heterocycles. The van der Waals surface area contributed by atoms with Crippen LogP contribution in [0.3, 0.4) is 0 Å². The van der Waals surface area contributed by atoms with Crippen LogP contribution < -0.4 is 182 Å². The van der Waals surface area contributed by atoms with E-state index >= 15 is 0 Å². The zero-order valence-electron chi connectivity index (χ0n) is 45.5. The van der Waals surface area contributed by atoms with Crippen LogP contribution in [-0.2, 0) is 92.0 Å². The predicted octanol–water partition coefficient (Wildman–Crippen LogP) is -17.5. The zero-order valence-corrected chi connectivity index (χ0v) is 61.6. The number of fused-ring (bicyclic) bond motifs is 7. The molecule has 0 aromatic rings. The number of rotatable bonds is 17. The van der Waals surface area contributed by atoms with Gasteiger partial charge in [-0.3, -0.25) is 25.7 Å². The molecule has 5 aliphatic carbocycles. The average molecular weight is 1240 g/mol. The van der Waals surface area contributed by atoms with E-state index in [1.807, 2.05) is 6.92 Å². The molecule has 0 spiro atoms. The first kappa shape index (κ1) is 80.2. The Hall–Kier alpha value is 4.15. The standard InChI is InChI=1S/C40H64O25S5.6Na/c1-22-29(62-67(47,48)49)31(64-69(53,54)55)30(63-68(50,51)52)26(61-22)19-40(65-70(56,57)58,21-60-66(44,45)46)20-59-28-10-11-37(6)27(34(28,2)3)9-12-39(8)32(37)25(41)17-23-24-18-36(5,33(42)43)14-13-35(24,4)15-16-38(23,39)7;;;;;;/h17,22,24,26-32H,9-16,18-21H2,1-8H3,(H,42,43)(H,44,45,46)(H,47,48,49)(H,50,51,52)(H,53,54,55)(H,56,57,58);;;;;;/q;6*+1/p-6/t22-,24-,26-,27-,28-,29+,30+,31+,32+,35+,36+,37-,38+,39+,40?;;;;;;/m0....../s1. The van der Waals surface area contributed by atoms with Gasteiger partial charge < -0.3 is 42.1 Å². The van der Waals surface area contributed by atoms with Crippen LogP contribution >= 0.6 is 0 Å². The molecule has 0 aromatic heterocycles. The second-order valence-corrected chi connectivity index (χ2v) is 27.1. The Balaban J connectivity index is 0.00000937. The van der Waals surface area contributed by atoms with Crippen molar-refractivity contribution in [1.82, 2.24) is 0 Å². The van der Waals surface area contributed by atoms with Gasteiger partial charge in [0.2, 0.25) is 52.0 Å². The molecule has 0 bridgehead atoms. The van der Waals surface area contributed by atoms with Crippen LogP contribution in [0.2, 0.25) is 0 Å². The van der Waals surface area contributed by atoms with Crippen LogP contribution in [0.25, 0.3) is 0 Å². The van der Waals surface area contributed by atoms with Crippen molar-refractivity contribution >= 4 is 63.7 Å². The Labute approximate surface area is 579 Å². The predicted molar refractivity (Wildman–Crippen MR) is 226 cm³/mol. The summed E-state index contributed by atoms with van der Waals surface area (Å²) in [6.07, 6.45) is -9.26. The van der Waals surface area contributed by atoms with Gasteiger partial charge in [0.25, 0.3) is 0 Å². The largest absolute Gasteiger partial charge is 1.00 e. The zero-order chi connectivity index (χ0) is 53.1. The van der Waals surface area contributed by atoms with Crippen LogP contribution in [0.4, 0.5) is 0 Å². The average Bonchev–Trinajstić information content (AvgIpc) is 3.15. The Morgan fingerprint density at radius 3 is 1.68 bits per heavy atom. The van der Waals surface area contributed by atoms with Crippen molar-refractivity contribution in [3.63, 3.8) is 0 Å². The molecule has 6 rings (SSSR count). The summed E-state index contributed by atoms with van der Waals surface area (Å²) in [6, 6.07) is 0. The Morgan fingerprint density at radius 2 is 1.18 bits per heavy atom. The summed E-state index contributed by atoms with van der Waals surface area (Å²) in [4.78, 5) is 27.3. The SMILES string of the molecule is C[C@@H]1O[C@@H](CC(CO[C@H]2CC[C@]3(C)[C@H]4C(=O)C=C5[C@@H]6C[C@](C)(C(=O)[O-])CC[C@]6(C)CC[C@@]5(C)[C@]4(C)CC[C@H]3C2(C)C)(COS(=O)(=O)[O-])OS(=O)(=O)[O-])[C@@H](OS(=O)(=O)[O-])[C@H](OS(=O)(=O)[O-])[C@@H]1OS(=O)(=O)[O-].[Na+].[Na+].[Na+].[Na+].[Na+].[Na+]. The maximum atomic E-state index is 14.9. The summed E-state index contributed by atoms with van der Waals surface area (Å²) in [5.41, 5.74) is -6.38. The van der Waals surface area contributed by atoms with E-state index in [0.717, 1.165) is 25.3 Å². The van der Waals surface area contributed by atoms with Crippen molar-refractivity contribution in [2.45, 2.75) is 162 Å². The summed E-state index contributed by atoms with van der Waals surface area (Å²) < 4.78 is 214. The molecular formula is C40H58Na6O25S5. The van der Waals surface area contributed by atoms with E-state index in [4.69, 9.17) is 13.7 Å². The third-order valence-electron chi connectivity index (χ3n) is 17.4. The fourth-order valence-electron chi connectivity index (χ4n) is 13.9. The minimum atomic E-state index is -6.13. The molecule has 1 heterocycles. The molecule has 4 saturated carbocycles. The quantitative estimate of drug-likeness (QED) is 0.0741. The van der Waals surface area contributed by atoms with Gasteiger partial charge in [0.05, 0.1) is 31.5 Å². The molecule has 0 aromatic carbocycles. The summed E-state index contributed by atoms with van der Waals surface area (Å²) in [5.74, 6) is -2.35. The molecule has 0 N–H and O–H groups in total. The topological polar surface area (TPSA) is 408 Å². The molecule has 0 radical (unpaired) electrons. The molecule has 25 nitrogen and oxygen atoms in total. The van der Waals surface area contributed by atoms with E-state index in [1.54, 1.807) is 26.8 Å². The van der Waals surface area contributed by atoms with Crippen LogP contribution in [0.15, 0.2) is 11.6 Å². The number of carboxylic acid groups (broad SMARTS) is 1. The first-order chi connectivity index (χ1) is 31.4. The smallest absolute Gasteiger partial charge is 0.726 e. The van der Waals surface area contributed by atoms with E-state index < -0.39 is 153 Å². The maximum absolute atomic E-state index is 14.9. The molecule has 0 amide bonds. The molecule has 76 heavy (non-hydrogen) atoms. The third kappa shape index (κ3) is 17.5. The van der Waals surface area contributed by atoms with E-state index in [1.165, 1.54) is 0 Å². The second-order valence-electron chi connectivity index (χ2n) is 22.0. The Bertz CT molecular complexity index is 2720. The van der Waals surface area contributed by atoms with Crippen molar-refractivity contribution in [3.05, 3.63) is 11.6 Å². The summed E-state index contributed by atoms with van der Waals surface area (Å²) >= 11 is 0. The van der Waals surface area contributed by atoms with Crippen molar-refractivity contribution in [2.75, 3.05) is 13.2 Å². The van der Waals surface area contributed by atoms with Gasteiger partial charge in [-0.25, -0.2) is 42.1 Å². The fraction of sp³-hybridized carbons (Fsp3) is 0.900. The second kappa shape index (κ2) is 27.7. The van der Waals surface area contributed by atoms with Crippen molar-refractivity contribution in [1.29, 1.82) is 0 Å². The molecule has 15 atom stereocenters. The molecule has 1 unspecified atom stereocenters. The molecule has 1 aliphatic heterocycles. The summed E-state index contributed by atoms with van der Waals surface area (Å²) in [7, 11) is -30.1. The molecule has 404 valence electrons. The van der Waals surface area contributed by atoms with E-state index in [2.05, 4.69) is 37.5 Å². The van der Waals surface area contributed by atoms with Gasteiger partial charge in [-0.1, -0.05) is 54.0 Å². The summed E-state index contributed by atoms with van der Waals surface area (Å²) in [5, 5.41) is 12.4. The number of ketones is 1. The van der Waals surface area contributed by atoms with Gasteiger partial charge in [0, 0.05) is 23.7 Å². The van der Waals surface area contributed by atoms with Gasteiger partial charge in [0.1, 0.15) is 23.9 Å². The molecule has 6 aliphatic rings. The van der Waals surface area contributed by atoms with E-state index in [9.17, 15) is 79.5 Å². The first-order valence-corrected chi connectivity index (χ1v) is 29.0. The van der Waals surface area contributed by atoms with Crippen LogP contribution in [0.5, 0.6) is 0 Å². The van der Waals surface area contributed by atoms with E-state index in [0.29, 0.717) is 32.1 Å². The number of allylic oxidation sites excluding steroid dienone is 2. The van der Waals surface area contributed by atoms with E-state index in [-0.39, 0.29) is 213 Å². The van der Waals surface area contributed by atoms with Crippen molar-refractivity contribution in [2.24, 2.45) is 50.2 Å². The minimum Gasteiger partial charge on any atom is -0.726 e. The molecule has 5 fully saturated rings. The van der Waals surface area contributed by atoms with Crippen LogP contribution in [-0.4, -0.2) is 132 Å². The summed E-state index contributed by atoms with van der Waals surface area (Å²) in [6.45, 7) is 11.5. The number of aliphatic carboxylic acids is 1. The normalized spacial score (nSPS) is 37.9. The van der Waals surface area contributed by atoms with Gasteiger partial charge >= 0.3 is 177 Å². The van der Waals surface area contributed by atoms with Crippen LogP contribution in [0.1, 0.15) is 120 Å². The fourth-order valence-corrected chi connectivity index (χ4v) is 16.4. The number of carbonyl (C=O) groups excluding carboxylic acids is 2. The minimum absolute atomic E-state index is 0. The van der Waals surface area contributed by atoms with Gasteiger partial charge in [-0.2, -0.15) is 0 Å². The third-order valence-corrected chi connectivity index (χ3v) is 19.8. The monoisotopic (exact) mass is 1240 g/mol. The van der Waals surface area contributed by atoms with Crippen molar-refractivity contribution < 1.29 is 287 Å².